The number of hydrogen-bond donors (Lipinski definition) is 1. The lowest BCUT2D eigenvalue weighted by atomic mass is 9.93. The molecule has 0 fully saturated rings. The van der Waals surface area contributed by atoms with E-state index < -0.39 is 0 Å². The molecule has 0 unspecified atom stereocenters. The number of hydrogen-bond acceptors (Lipinski definition) is 3. The molecule has 0 spiro atoms. The van der Waals surface area contributed by atoms with Gasteiger partial charge in [-0.3, -0.25) is 0 Å². The predicted octanol–water partition coefficient (Wildman–Crippen LogP) is 3.17. The van der Waals surface area contributed by atoms with Gasteiger partial charge in [0.1, 0.15) is 0 Å². The molecule has 0 aromatic heterocycles. The average molecular weight is 235 g/mol. The number of carbonyl (C=O) groups excluding carboxylic acids is 1. The first-order chi connectivity index (χ1) is 7.81. The Morgan fingerprint density at radius 1 is 1.35 bits per heavy atom. The van der Waals surface area contributed by atoms with Crippen LogP contribution in [0, 0.1) is 12.3 Å². The van der Waals surface area contributed by atoms with Gasteiger partial charge in [-0.05, 0) is 30.4 Å². The van der Waals surface area contributed by atoms with Gasteiger partial charge in [0.05, 0.1) is 12.2 Å². The maximum absolute atomic E-state index is 11.8. The molecule has 3 heteroatoms. The monoisotopic (exact) mass is 235 g/mol. The zero-order valence-corrected chi connectivity index (χ0v) is 11.0. The Balaban J connectivity index is 2.62. The normalized spacial score (nSPS) is 11.3. The van der Waals surface area contributed by atoms with E-state index in [-0.39, 0.29) is 11.4 Å². The van der Waals surface area contributed by atoms with Crippen LogP contribution in [0.25, 0.3) is 0 Å². The van der Waals surface area contributed by atoms with Gasteiger partial charge in [-0.15, -0.1) is 0 Å². The molecule has 17 heavy (non-hydrogen) atoms. The third-order valence-electron chi connectivity index (χ3n) is 2.63. The first-order valence-corrected chi connectivity index (χ1v) is 5.83. The van der Waals surface area contributed by atoms with E-state index in [1.54, 1.807) is 6.07 Å². The second-order valence-electron chi connectivity index (χ2n) is 5.48. The average Bonchev–Trinajstić information content (AvgIpc) is 2.20. The molecule has 0 heterocycles. The van der Waals surface area contributed by atoms with Crippen LogP contribution in [0.1, 0.15) is 43.1 Å². The van der Waals surface area contributed by atoms with Crippen molar-refractivity contribution in [3.63, 3.8) is 0 Å². The minimum atomic E-state index is -0.338. The maximum atomic E-state index is 11.8. The highest BCUT2D eigenvalue weighted by Crippen LogP contribution is 2.20. The first kappa shape index (κ1) is 13.6. The Kier molecular flexibility index (Phi) is 4.16. The Hall–Kier alpha value is -1.51. The molecule has 1 rings (SSSR count). The van der Waals surface area contributed by atoms with E-state index in [9.17, 15) is 4.79 Å². The van der Waals surface area contributed by atoms with Crippen LogP contribution in [-0.2, 0) is 4.74 Å². The van der Waals surface area contributed by atoms with Crippen LogP contribution in [0.5, 0.6) is 0 Å². The molecule has 2 N–H and O–H groups in total. The van der Waals surface area contributed by atoms with Gasteiger partial charge in [0.2, 0.25) is 0 Å². The molecule has 0 saturated heterocycles. The summed E-state index contributed by atoms with van der Waals surface area (Å²) >= 11 is 0. The molecule has 94 valence electrons. The number of aryl methyl sites for hydroxylation is 1. The summed E-state index contributed by atoms with van der Waals surface area (Å²) in [7, 11) is 0. The van der Waals surface area contributed by atoms with Gasteiger partial charge in [0, 0.05) is 5.69 Å². The summed E-state index contributed by atoms with van der Waals surface area (Å²) in [6.07, 6.45) is 0.838. The second kappa shape index (κ2) is 5.21. The molecule has 0 amide bonds. The fourth-order valence-corrected chi connectivity index (χ4v) is 1.39. The van der Waals surface area contributed by atoms with E-state index in [0.29, 0.717) is 17.9 Å². The van der Waals surface area contributed by atoms with Gasteiger partial charge in [0.25, 0.3) is 0 Å². The fourth-order valence-electron chi connectivity index (χ4n) is 1.39. The van der Waals surface area contributed by atoms with Gasteiger partial charge in [-0.2, -0.15) is 0 Å². The highest BCUT2D eigenvalue weighted by atomic mass is 16.5. The van der Waals surface area contributed by atoms with Crippen molar-refractivity contribution in [2.24, 2.45) is 5.41 Å². The summed E-state index contributed by atoms with van der Waals surface area (Å²) < 4.78 is 5.22. The van der Waals surface area contributed by atoms with Gasteiger partial charge in [-0.25, -0.2) is 4.79 Å². The van der Waals surface area contributed by atoms with E-state index in [2.05, 4.69) is 20.8 Å². The van der Waals surface area contributed by atoms with Crippen molar-refractivity contribution in [1.29, 1.82) is 0 Å². The van der Waals surface area contributed by atoms with Crippen LogP contribution in [0.3, 0.4) is 0 Å². The lowest BCUT2D eigenvalue weighted by Crippen LogP contribution is -2.14. The molecule has 0 saturated carbocycles. The number of nitrogens with two attached hydrogens (primary N) is 1. The summed E-state index contributed by atoms with van der Waals surface area (Å²) in [4.78, 5) is 11.8. The summed E-state index contributed by atoms with van der Waals surface area (Å²) in [5.74, 6) is -0.338. The highest BCUT2D eigenvalue weighted by molar-refractivity contribution is 5.95. The number of esters is 1. The number of benzene rings is 1. The quantitative estimate of drug-likeness (QED) is 0.646. The summed E-state index contributed by atoms with van der Waals surface area (Å²) in [5.41, 5.74) is 7.87. The van der Waals surface area contributed by atoms with Gasteiger partial charge in [-0.1, -0.05) is 32.9 Å². The highest BCUT2D eigenvalue weighted by Gasteiger charge is 2.15. The fraction of sp³-hybridized carbons (Fsp3) is 0.500. The molecular weight excluding hydrogens is 214 g/mol. The third-order valence-corrected chi connectivity index (χ3v) is 2.63. The molecule has 0 radical (unpaired) electrons. The van der Waals surface area contributed by atoms with Crippen LogP contribution in [0.4, 0.5) is 5.69 Å². The second-order valence-corrected chi connectivity index (χ2v) is 5.48. The van der Waals surface area contributed by atoms with Crippen molar-refractivity contribution >= 4 is 11.7 Å². The number of rotatable bonds is 3. The van der Waals surface area contributed by atoms with Crippen molar-refractivity contribution in [2.75, 3.05) is 12.3 Å². The topological polar surface area (TPSA) is 52.3 Å². The standard InChI is InChI=1S/C14H21NO2/c1-10-6-5-7-11(12(10)15)13(16)17-9-8-14(2,3)4/h5-7H,8-9,15H2,1-4H3. The maximum Gasteiger partial charge on any atom is 0.340 e. The molecule has 0 atom stereocenters. The summed E-state index contributed by atoms with van der Waals surface area (Å²) in [6.45, 7) is 8.64. The van der Waals surface area contributed by atoms with E-state index in [0.717, 1.165) is 12.0 Å². The SMILES string of the molecule is Cc1cccc(C(=O)OCCC(C)(C)C)c1N. The number of carbonyl (C=O) groups is 1. The van der Waals surface area contributed by atoms with E-state index in [4.69, 9.17) is 10.5 Å². The number of nitrogen functional groups attached to an aromatic ring is 1. The molecular formula is C14H21NO2. The van der Waals surface area contributed by atoms with Crippen molar-refractivity contribution in [3.05, 3.63) is 29.3 Å². The van der Waals surface area contributed by atoms with E-state index in [1.165, 1.54) is 0 Å². The predicted molar refractivity (Wildman–Crippen MR) is 69.9 cm³/mol. The van der Waals surface area contributed by atoms with Gasteiger partial charge in [0.15, 0.2) is 0 Å². The van der Waals surface area contributed by atoms with Gasteiger partial charge < -0.3 is 10.5 Å². The van der Waals surface area contributed by atoms with Crippen molar-refractivity contribution in [1.82, 2.24) is 0 Å². The van der Waals surface area contributed by atoms with Gasteiger partial charge >= 0.3 is 5.97 Å². The minimum absolute atomic E-state index is 0.165. The van der Waals surface area contributed by atoms with Crippen molar-refractivity contribution in [2.45, 2.75) is 34.1 Å². The first-order valence-electron chi connectivity index (χ1n) is 5.83. The van der Waals surface area contributed by atoms with E-state index in [1.807, 2.05) is 19.1 Å². The molecule has 1 aromatic carbocycles. The Morgan fingerprint density at radius 3 is 2.59 bits per heavy atom. The van der Waals surface area contributed by atoms with Crippen LogP contribution in [0.2, 0.25) is 0 Å². The number of ether oxygens (including phenoxy) is 1. The van der Waals surface area contributed by atoms with Crippen LogP contribution < -0.4 is 5.73 Å². The van der Waals surface area contributed by atoms with Crippen molar-refractivity contribution in [3.8, 4) is 0 Å². The summed E-state index contributed by atoms with van der Waals surface area (Å²) in [6, 6.07) is 5.38. The molecule has 0 bridgehead atoms. The lowest BCUT2D eigenvalue weighted by Gasteiger charge is -2.17. The number of para-hydroxylation sites is 1. The molecule has 0 aliphatic rings. The summed E-state index contributed by atoms with van der Waals surface area (Å²) in [5, 5.41) is 0. The molecule has 0 aliphatic carbocycles. The van der Waals surface area contributed by atoms with Crippen LogP contribution in [-0.4, -0.2) is 12.6 Å². The smallest absolute Gasteiger partial charge is 0.340 e. The third kappa shape index (κ3) is 4.10. The molecule has 0 aliphatic heterocycles. The van der Waals surface area contributed by atoms with Crippen LogP contribution >= 0.6 is 0 Å². The molecule has 1 aromatic rings. The molecule has 3 nitrogen and oxygen atoms in total. The van der Waals surface area contributed by atoms with E-state index >= 15 is 0 Å². The zero-order valence-electron chi connectivity index (χ0n) is 11.0. The Bertz CT molecular complexity index is 405. The zero-order chi connectivity index (χ0) is 13.1. The number of anilines is 1. The van der Waals surface area contributed by atoms with Crippen molar-refractivity contribution < 1.29 is 9.53 Å². The Morgan fingerprint density at radius 2 is 2.00 bits per heavy atom. The van der Waals surface area contributed by atoms with Crippen LogP contribution in [0.15, 0.2) is 18.2 Å². The largest absolute Gasteiger partial charge is 0.462 e. The minimum Gasteiger partial charge on any atom is -0.462 e. The Labute approximate surface area is 103 Å². The lowest BCUT2D eigenvalue weighted by molar-refractivity contribution is 0.0466.